The van der Waals surface area contributed by atoms with E-state index in [9.17, 15) is 14.7 Å². The van der Waals surface area contributed by atoms with E-state index in [1.807, 2.05) is 0 Å². The molecule has 0 aliphatic rings. The van der Waals surface area contributed by atoms with Crippen LogP contribution >= 0.6 is 0 Å². The Labute approximate surface area is 124 Å². The van der Waals surface area contributed by atoms with Crippen LogP contribution in [-0.2, 0) is 14.3 Å². The van der Waals surface area contributed by atoms with Crippen LogP contribution in [0.25, 0.3) is 0 Å². The SMILES string of the molecule is C=CCC(CC=C)(CCCC(=O)O)C(=O)OCC(O)CO. The van der Waals surface area contributed by atoms with E-state index in [4.69, 9.17) is 14.9 Å². The lowest BCUT2D eigenvalue weighted by Crippen LogP contribution is -2.35. The van der Waals surface area contributed by atoms with Gasteiger partial charge in [-0.15, -0.1) is 13.2 Å². The van der Waals surface area contributed by atoms with Gasteiger partial charge < -0.3 is 20.1 Å². The molecule has 0 bridgehead atoms. The van der Waals surface area contributed by atoms with Gasteiger partial charge in [0.15, 0.2) is 0 Å². The molecule has 0 radical (unpaired) electrons. The second-order valence-electron chi connectivity index (χ2n) is 4.95. The number of hydrogen-bond donors (Lipinski definition) is 3. The van der Waals surface area contributed by atoms with Crippen LogP contribution in [0.5, 0.6) is 0 Å². The maximum absolute atomic E-state index is 12.3. The summed E-state index contributed by atoms with van der Waals surface area (Å²) < 4.78 is 5.03. The monoisotopic (exact) mass is 300 g/mol. The highest BCUT2D eigenvalue weighted by Crippen LogP contribution is 2.35. The molecule has 0 saturated heterocycles. The van der Waals surface area contributed by atoms with E-state index in [1.165, 1.54) is 0 Å². The Bertz CT molecular complexity index is 353. The number of carbonyl (C=O) groups excluding carboxylic acids is 1. The molecular formula is C15H24O6. The normalized spacial score (nSPS) is 12.5. The van der Waals surface area contributed by atoms with Gasteiger partial charge in [0.05, 0.1) is 12.0 Å². The van der Waals surface area contributed by atoms with Crippen LogP contribution in [-0.4, -0.2) is 46.6 Å². The van der Waals surface area contributed by atoms with E-state index in [1.54, 1.807) is 12.2 Å². The molecule has 0 spiro atoms. The number of aliphatic hydroxyl groups is 2. The number of esters is 1. The summed E-state index contributed by atoms with van der Waals surface area (Å²) in [5.41, 5.74) is -0.922. The van der Waals surface area contributed by atoms with Crippen LogP contribution in [0, 0.1) is 5.41 Å². The highest BCUT2D eigenvalue weighted by Gasteiger charge is 2.37. The average Bonchev–Trinajstić information content (AvgIpc) is 2.44. The third-order valence-electron chi connectivity index (χ3n) is 3.17. The molecule has 0 fully saturated rings. The molecule has 0 aromatic rings. The van der Waals surface area contributed by atoms with Crippen molar-refractivity contribution < 1.29 is 29.6 Å². The van der Waals surface area contributed by atoms with Crippen molar-refractivity contribution >= 4 is 11.9 Å². The van der Waals surface area contributed by atoms with Crippen molar-refractivity contribution in [2.24, 2.45) is 5.41 Å². The summed E-state index contributed by atoms with van der Waals surface area (Å²) in [5.74, 6) is -1.47. The highest BCUT2D eigenvalue weighted by molar-refractivity contribution is 5.77. The van der Waals surface area contributed by atoms with Crippen molar-refractivity contribution in [1.82, 2.24) is 0 Å². The fraction of sp³-hybridized carbons (Fsp3) is 0.600. The predicted molar refractivity (Wildman–Crippen MR) is 77.6 cm³/mol. The van der Waals surface area contributed by atoms with Gasteiger partial charge in [0, 0.05) is 6.42 Å². The summed E-state index contributed by atoms with van der Waals surface area (Å²) in [7, 11) is 0. The van der Waals surface area contributed by atoms with E-state index >= 15 is 0 Å². The molecule has 0 aromatic heterocycles. The lowest BCUT2D eigenvalue weighted by atomic mass is 9.76. The highest BCUT2D eigenvalue weighted by atomic mass is 16.5. The van der Waals surface area contributed by atoms with Crippen molar-refractivity contribution in [3.63, 3.8) is 0 Å². The van der Waals surface area contributed by atoms with E-state index in [0.29, 0.717) is 25.7 Å². The third-order valence-corrected chi connectivity index (χ3v) is 3.17. The second-order valence-corrected chi connectivity index (χ2v) is 4.95. The summed E-state index contributed by atoms with van der Waals surface area (Å²) >= 11 is 0. The smallest absolute Gasteiger partial charge is 0.312 e. The molecule has 6 nitrogen and oxygen atoms in total. The molecule has 3 N–H and O–H groups in total. The zero-order chi connectivity index (χ0) is 16.3. The second kappa shape index (κ2) is 10.1. The number of carboxylic acid groups (broad SMARTS) is 1. The minimum absolute atomic E-state index is 0.0391. The number of carbonyl (C=O) groups is 2. The molecule has 0 amide bonds. The Balaban J connectivity index is 4.88. The number of rotatable bonds is 12. The van der Waals surface area contributed by atoms with Gasteiger partial charge in [-0.05, 0) is 25.7 Å². The molecular weight excluding hydrogens is 276 g/mol. The van der Waals surface area contributed by atoms with Crippen molar-refractivity contribution in [2.75, 3.05) is 13.2 Å². The topological polar surface area (TPSA) is 104 Å². The molecule has 1 atom stereocenters. The van der Waals surface area contributed by atoms with Gasteiger partial charge in [0.2, 0.25) is 0 Å². The number of allylic oxidation sites excluding steroid dienone is 2. The van der Waals surface area contributed by atoms with Gasteiger partial charge in [-0.2, -0.15) is 0 Å². The van der Waals surface area contributed by atoms with Crippen molar-refractivity contribution in [1.29, 1.82) is 0 Å². The first-order chi connectivity index (χ1) is 9.91. The van der Waals surface area contributed by atoms with Gasteiger partial charge in [-0.1, -0.05) is 12.2 Å². The molecule has 0 rings (SSSR count). The van der Waals surface area contributed by atoms with Crippen LogP contribution in [0.2, 0.25) is 0 Å². The maximum atomic E-state index is 12.3. The van der Waals surface area contributed by atoms with Gasteiger partial charge in [-0.3, -0.25) is 9.59 Å². The summed E-state index contributed by atoms with van der Waals surface area (Å²) in [6, 6.07) is 0. The van der Waals surface area contributed by atoms with E-state index in [0.717, 1.165) is 0 Å². The Kier molecular flexibility index (Phi) is 9.32. The van der Waals surface area contributed by atoms with Crippen molar-refractivity contribution in [2.45, 2.75) is 38.2 Å². The zero-order valence-corrected chi connectivity index (χ0v) is 12.2. The molecule has 0 saturated carbocycles. The summed E-state index contributed by atoms with van der Waals surface area (Å²) in [4.78, 5) is 22.9. The average molecular weight is 300 g/mol. The first-order valence-electron chi connectivity index (χ1n) is 6.81. The minimum atomic E-state index is -1.13. The number of carboxylic acids is 1. The van der Waals surface area contributed by atoms with E-state index in [-0.39, 0.29) is 13.0 Å². The fourth-order valence-corrected chi connectivity index (χ4v) is 2.06. The van der Waals surface area contributed by atoms with Crippen molar-refractivity contribution in [3.05, 3.63) is 25.3 Å². The standard InChI is InChI=1S/C15H24O6/c1-3-7-15(8-4-2,9-5-6-13(18)19)14(20)21-11-12(17)10-16/h3-4,12,16-17H,1-2,5-11H2,(H,18,19). The first-order valence-corrected chi connectivity index (χ1v) is 6.81. The number of hydrogen-bond acceptors (Lipinski definition) is 5. The van der Waals surface area contributed by atoms with Crippen LogP contribution in [0.4, 0.5) is 0 Å². The van der Waals surface area contributed by atoms with Gasteiger partial charge in [0.25, 0.3) is 0 Å². The molecule has 120 valence electrons. The third kappa shape index (κ3) is 7.06. The molecule has 21 heavy (non-hydrogen) atoms. The molecule has 0 aromatic carbocycles. The molecule has 0 aliphatic heterocycles. The lowest BCUT2D eigenvalue weighted by molar-refractivity contribution is -0.160. The Morgan fingerprint density at radius 2 is 1.81 bits per heavy atom. The largest absolute Gasteiger partial charge is 0.481 e. The summed E-state index contributed by atoms with van der Waals surface area (Å²) in [6.07, 6.45) is 3.29. The van der Waals surface area contributed by atoms with Crippen LogP contribution in [0.3, 0.4) is 0 Å². The molecule has 0 heterocycles. The van der Waals surface area contributed by atoms with E-state index in [2.05, 4.69) is 13.2 Å². The summed E-state index contributed by atoms with van der Waals surface area (Å²) in [5, 5.41) is 26.7. The number of aliphatic hydroxyl groups excluding tert-OH is 2. The predicted octanol–water partition coefficient (Wildman–Crippen LogP) is 1.28. The van der Waals surface area contributed by atoms with Gasteiger partial charge >= 0.3 is 11.9 Å². The quantitative estimate of drug-likeness (QED) is 0.370. The number of aliphatic carboxylic acids is 1. The van der Waals surface area contributed by atoms with Gasteiger partial charge in [-0.25, -0.2) is 0 Å². The van der Waals surface area contributed by atoms with Crippen LogP contribution in [0.1, 0.15) is 32.1 Å². The summed E-state index contributed by atoms with van der Waals surface area (Å²) in [6.45, 7) is 6.43. The van der Waals surface area contributed by atoms with Crippen LogP contribution < -0.4 is 0 Å². The fourth-order valence-electron chi connectivity index (χ4n) is 2.06. The molecule has 1 unspecified atom stereocenters. The number of ether oxygens (including phenoxy) is 1. The van der Waals surface area contributed by atoms with Crippen LogP contribution in [0.15, 0.2) is 25.3 Å². The molecule has 6 heteroatoms. The first kappa shape index (κ1) is 19.3. The molecule has 0 aliphatic carbocycles. The van der Waals surface area contributed by atoms with Gasteiger partial charge in [0.1, 0.15) is 12.7 Å². The Morgan fingerprint density at radius 1 is 1.24 bits per heavy atom. The Morgan fingerprint density at radius 3 is 2.24 bits per heavy atom. The van der Waals surface area contributed by atoms with Crippen molar-refractivity contribution in [3.8, 4) is 0 Å². The van der Waals surface area contributed by atoms with E-state index < -0.39 is 30.1 Å². The zero-order valence-electron chi connectivity index (χ0n) is 12.2. The maximum Gasteiger partial charge on any atom is 0.312 e. The minimum Gasteiger partial charge on any atom is -0.481 e. The lowest BCUT2D eigenvalue weighted by Gasteiger charge is -2.29. The Hall–Kier alpha value is -1.66.